The molecule has 1 heterocycles. The number of esters is 1. The summed E-state index contributed by atoms with van der Waals surface area (Å²) in [5.41, 5.74) is 2.48. The second-order valence-electron chi connectivity index (χ2n) is 7.78. The molecule has 0 bridgehead atoms. The first-order chi connectivity index (χ1) is 15.1. The van der Waals surface area contributed by atoms with Gasteiger partial charge in [-0.25, -0.2) is 13.2 Å². The number of methoxy groups -OCH3 is 1. The molecule has 3 rings (SSSR count). The Morgan fingerprint density at radius 1 is 1.06 bits per heavy atom. The number of nitrogens with one attached hydrogen (secondary N) is 1. The van der Waals surface area contributed by atoms with Gasteiger partial charge in [-0.15, -0.1) is 0 Å². The Morgan fingerprint density at radius 2 is 1.69 bits per heavy atom. The van der Waals surface area contributed by atoms with Crippen molar-refractivity contribution in [2.24, 2.45) is 0 Å². The first kappa shape index (κ1) is 23.7. The second-order valence-corrected chi connectivity index (χ2v) is 9.69. The third kappa shape index (κ3) is 4.94. The highest BCUT2D eigenvalue weighted by molar-refractivity contribution is 7.89. The van der Waals surface area contributed by atoms with Gasteiger partial charge in [0.2, 0.25) is 10.0 Å². The lowest BCUT2D eigenvalue weighted by Gasteiger charge is -2.19. The van der Waals surface area contributed by atoms with Crippen molar-refractivity contribution in [2.45, 2.75) is 44.6 Å². The van der Waals surface area contributed by atoms with Crippen LogP contribution in [0, 0.1) is 13.8 Å². The van der Waals surface area contributed by atoms with Crippen LogP contribution in [0.15, 0.2) is 41.3 Å². The van der Waals surface area contributed by atoms with Crippen LogP contribution >= 0.6 is 0 Å². The van der Waals surface area contributed by atoms with Gasteiger partial charge in [0.25, 0.3) is 5.91 Å². The van der Waals surface area contributed by atoms with Crippen LogP contribution in [0.3, 0.4) is 0 Å². The third-order valence-electron chi connectivity index (χ3n) is 5.46. The van der Waals surface area contributed by atoms with Crippen molar-refractivity contribution in [3.8, 4) is 5.75 Å². The smallest absolute Gasteiger partial charge is 0.338 e. The molecule has 9 heteroatoms. The van der Waals surface area contributed by atoms with Crippen LogP contribution in [0.25, 0.3) is 0 Å². The molecule has 1 saturated heterocycles. The van der Waals surface area contributed by atoms with Gasteiger partial charge in [-0.2, -0.15) is 4.31 Å². The number of para-hydroxylation sites is 1. The molecule has 1 aliphatic heterocycles. The standard InChI is InChI=1S/C23H28N2O6S/c1-15-8-7-9-16(2)21(15)24-22(26)17(3)31-23(27)18-10-11-19(30-4)20(14-18)32(28,29)25-12-5-6-13-25/h7-11,14,17H,5-6,12-13H2,1-4H3,(H,24,26). The number of carbonyl (C=O) groups excluding carboxylic acids is 2. The van der Waals surface area contributed by atoms with Crippen molar-refractivity contribution in [3.05, 3.63) is 53.1 Å². The zero-order valence-corrected chi connectivity index (χ0v) is 19.5. The number of nitrogens with zero attached hydrogens (tertiary/aromatic N) is 1. The maximum absolute atomic E-state index is 13.0. The van der Waals surface area contributed by atoms with E-state index in [1.807, 2.05) is 32.0 Å². The van der Waals surface area contributed by atoms with Crippen molar-refractivity contribution in [2.75, 3.05) is 25.5 Å². The van der Waals surface area contributed by atoms with Crippen LogP contribution in [0.4, 0.5) is 5.69 Å². The van der Waals surface area contributed by atoms with Crippen LogP contribution in [-0.2, 0) is 19.6 Å². The van der Waals surface area contributed by atoms with E-state index in [1.165, 1.54) is 36.5 Å². The maximum atomic E-state index is 13.0. The molecule has 0 radical (unpaired) electrons. The molecule has 1 fully saturated rings. The number of sulfonamides is 1. The number of rotatable bonds is 7. The van der Waals surface area contributed by atoms with Crippen molar-refractivity contribution < 1.29 is 27.5 Å². The van der Waals surface area contributed by atoms with E-state index in [0.717, 1.165) is 24.0 Å². The number of ether oxygens (including phenoxy) is 2. The monoisotopic (exact) mass is 460 g/mol. The van der Waals surface area contributed by atoms with Gasteiger partial charge >= 0.3 is 5.97 Å². The van der Waals surface area contributed by atoms with Crippen molar-refractivity contribution >= 4 is 27.6 Å². The highest BCUT2D eigenvalue weighted by Crippen LogP contribution is 2.30. The minimum Gasteiger partial charge on any atom is -0.495 e. The molecule has 1 N–H and O–H groups in total. The van der Waals surface area contributed by atoms with Gasteiger partial charge in [0.05, 0.1) is 12.7 Å². The number of anilines is 1. The molecule has 2 aromatic carbocycles. The van der Waals surface area contributed by atoms with Crippen LogP contribution in [0.5, 0.6) is 5.75 Å². The molecule has 0 aromatic heterocycles. The van der Waals surface area contributed by atoms with Crippen LogP contribution in [-0.4, -0.2) is 50.9 Å². The predicted octanol–water partition coefficient (Wildman–Crippen LogP) is 3.28. The molecular weight excluding hydrogens is 432 g/mol. The minimum absolute atomic E-state index is 0.0234. The quantitative estimate of drug-likeness (QED) is 0.636. The lowest BCUT2D eigenvalue weighted by molar-refractivity contribution is -0.123. The molecule has 0 aliphatic carbocycles. The van der Waals surface area contributed by atoms with Crippen LogP contribution in [0.1, 0.15) is 41.3 Å². The molecule has 8 nitrogen and oxygen atoms in total. The fourth-order valence-electron chi connectivity index (χ4n) is 3.59. The summed E-state index contributed by atoms with van der Waals surface area (Å²) in [6, 6.07) is 9.71. The summed E-state index contributed by atoms with van der Waals surface area (Å²) in [5, 5.41) is 2.79. The van der Waals surface area contributed by atoms with E-state index in [4.69, 9.17) is 9.47 Å². The molecular formula is C23H28N2O6S. The summed E-state index contributed by atoms with van der Waals surface area (Å²) in [5.74, 6) is -1.13. The summed E-state index contributed by atoms with van der Waals surface area (Å²) >= 11 is 0. The Kier molecular flexibility index (Phi) is 7.20. The largest absolute Gasteiger partial charge is 0.495 e. The van der Waals surface area contributed by atoms with E-state index in [2.05, 4.69) is 5.32 Å². The highest BCUT2D eigenvalue weighted by Gasteiger charge is 2.31. The van der Waals surface area contributed by atoms with Gasteiger partial charge in [-0.3, -0.25) is 4.79 Å². The van der Waals surface area contributed by atoms with E-state index < -0.39 is 28.0 Å². The number of hydrogen-bond acceptors (Lipinski definition) is 6. The fourth-order valence-corrected chi connectivity index (χ4v) is 5.29. The number of hydrogen-bond donors (Lipinski definition) is 1. The Balaban J connectivity index is 1.78. The van der Waals surface area contributed by atoms with Gasteiger partial charge in [0, 0.05) is 18.8 Å². The Hall–Kier alpha value is -2.91. The minimum atomic E-state index is -3.81. The van der Waals surface area contributed by atoms with E-state index in [9.17, 15) is 18.0 Å². The second kappa shape index (κ2) is 9.70. The number of aryl methyl sites for hydroxylation is 2. The summed E-state index contributed by atoms with van der Waals surface area (Å²) < 4.78 is 37.9. The topological polar surface area (TPSA) is 102 Å². The summed E-state index contributed by atoms with van der Waals surface area (Å²) in [6.45, 7) is 6.07. The van der Waals surface area contributed by atoms with E-state index >= 15 is 0 Å². The molecule has 32 heavy (non-hydrogen) atoms. The lowest BCUT2D eigenvalue weighted by Crippen LogP contribution is -2.31. The summed E-state index contributed by atoms with van der Waals surface area (Å²) in [4.78, 5) is 25.2. The Labute approximate surface area is 188 Å². The number of benzene rings is 2. The first-order valence-corrected chi connectivity index (χ1v) is 11.9. The average Bonchev–Trinajstić information content (AvgIpc) is 3.31. The van der Waals surface area contributed by atoms with E-state index in [1.54, 1.807) is 0 Å². The molecule has 1 unspecified atom stereocenters. The molecule has 172 valence electrons. The van der Waals surface area contributed by atoms with E-state index in [-0.39, 0.29) is 16.2 Å². The summed E-state index contributed by atoms with van der Waals surface area (Å²) in [6.07, 6.45) is 0.495. The van der Waals surface area contributed by atoms with Crippen LogP contribution < -0.4 is 10.1 Å². The van der Waals surface area contributed by atoms with E-state index in [0.29, 0.717) is 18.8 Å². The van der Waals surface area contributed by atoms with Gasteiger partial charge in [0.15, 0.2) is 6.10 Å². The maximum Gasteiger partial charge on any atom is 0.338 e. The number of amides is 1. The lowest BCUT2D eigenvalue weighted by atomic mass is 10.1. The fraction of sp³-hybridized carbons (Fsp3) is 0.391. The molecule has 1 atom stereocenters. The zero-order valence-electron chi connectivity index (χ0n) is 18.7. The zero-order chi connectivity index (χ0) is 23.5. The Morgan fingerprint density at radius 3 is 2.28 bits per heavy atom. The number of carbonyl (C=O) groups is 2. The van der Waals surface area contributed by atoms with Gasteiger partial charge in [-0.05, 0) is 62.9 Å². The predicted molar refractivity (Wildman–Crippen MR) is 120 cm³/mol. The molecule has 2 aromatic rings. The van der Waals surface area contributed by atoms with Gasteiger partial charge < -0.3 is 14.8 Å². The average molecular weight is 461 g/mol. The van der Waals surface area contributed by atoms with Crippen molar-refractivity contribution in [3.63, 3.8) is 0 Å². The molecule has 1 amide bonds. The van der Waals surface area contributed by atoms with Crippen molar-refractivity contribution in [1.82, 2.24) is 4.31 Å². The molecule has 1 aliphatic rings. The first-order valence-electron chi connectivity index (χ1n) is 10.4. The van der Waals surface area contributed by atoms with Crippen molar-refractivity contribution in [1.29, 1.82) is 0 Å². The summed E-state index contributed by atoms with van der Waals surface area (Å²) in [7, 11) is -2.44. The Bertz CT molecular complexity index is 1100. The molecule has 0 spiro atoms. The highest BCUT2D eigenvalue weighted by atomic mass is 32.2. The SMILES string of the molecule is COc1ccc(C(=O)OC(C)C(=O)Nc2c(C)cccc2C)cc1S(=O)(=O)N1CCCC1. The van der Waals surface area contributed by atoms with Gasteiger partial charge in [-0.1, -0.05) is 18.2 Å². The normalized spacial score (nSPS) is 15.2. The molecule has 0 saturated carbocycles. The van der Waals surface area contributed by atoms with Gasteiger partial charge in [0.1, 0.15) is 10.6 Å². The van der Waals surface area contributed by atoms with Crippen LogP contribution in [0.2, 0.25) is 0 Å². The third-order valence-corrected chi connectivity index (χ3v) is 7.38.